The number of hydrogen-bond donors (Lipinski definition) is 2. The van der Waals surface area contributed by atoms with Gasteiger partial charge < -0.3 is 10.6 Å². The Morgan fingerprint density at radius 3 is 2.74 bits per heavy atom. The summed E-state index contributed by atoms with van der Waals surface area (Å²) >= 11 is 0. The van der Waals surface area contributed by atoms with Crippen LogP contribution >= 0.6 is 0 Å². The van der Waals surface area contributed by atoms with Crippen LogP contribution < -0.4 is 10.6 Å². The van der Waals surface area contributed by atoms with Crippen LogP contribution in [0, 0.1) is 11.3 Å². The molecule has 19 heavy (non-hydrogen) atoms. The van der Waals surface area contributed by atoms with E-state index in [2.05, 4.69) is 15.6 Å². The molecule has 0 bridgehead atoms. The van der Waals surface area contributed by atoms with Gasteiger partial charge in [0.15, 0.2) is 0 Å². The number of anilines is 1. The lowest BCUT2D eigenvalue weighted by Gasteiger charge is -2.14. The van der Waals surface area contributed by atoms with Gasteiger partial charge in [-0.1, -0.05) is 0 Å². The summed E-state index contributed by atoms with van der Waals surface area (Å²) in [6, 6.07) is 3.68. The molecule has 0 atom stereocenters. The second-order valence-electron chi connectivity index (χ2n) is 5.78. The zero-order valence-corrected chi connectivity index (χ0v) is 11.4. The number of rotatable bonds is 6. The summed E-state index contributed by atoms with van der Waals surface area (Å²) in [5.74, 6) is 0.826. The first-order chi connectivity index (χ1) is 9.23. The van der Waals surface area contributed by atoms with Gasteiger partial charge in [-0.3, -0.25) is 4.79 Å². The molecule has 1 aromatic heterocycles. The van der Waals surface area contributed by atoms with Gasteiger partial charge in [0.05, 0.1) is 11.9 Å². The number of pyridine rings is 1. The molecule has 0 radical (unpaired) electrons. The fourth-order valence-corrected chi connectivity index (χ4v) is 2.77. The molecule has 0 unspecified atom stereocenters. The Hall–Kier alpha value is -1.58. The summed E-state index contributed by atoms with van der Waals surface area (Å²) in [6.07, 6.45) is 6.98. The maximum absolute atomic E-state index is 12.0. The highest BCUT2D eigenvalue weighted by atomic mass is 16.1. The van der Waals surface area contributed by atoms with Crippen LogP contribution in [0.25, 0.3) is 0 Å². The van der Waals surface area contributed by atoms with E-state index in [0.29, 0.717) is 11.1 Å². The Kier molecular flexibility index (Phi) is 3.17. The van der Waals surface area contributed by atoms with Gasteiger partial charge in [-0.05, 0) is 56.1 Å². The Morgan fingerprint density at radius 2 is 2.21 bits per heavy atom. The van der Waals surface area contributed by atoms with Gasteiger partial charge in [-0.25, -0.2) is 4.98 Å². The predicted molar refractivity (Wildman–Crippen MR) is 75.1 cm³/mol. The zero-order chi connectivity index (χ0) is 13.3. The highest BCUT2D eigenvalue weighted by Crippen LogP contribution is 2.60. The molecule has 4 heteroatoms. The third-order valence-electron chi connectivity index (χ3n) is 4.31. The first-order valence-electron chi connectivity index (χ1n) is 7.22. The van der Waals surface area contributed by atoms with Crippen LogP contribution in [0.2, 0.25) is 0 Å². The van der Waals surface area contributed by atoms with Crippen LogP contribution in [0.5, 0.6) is 0 Å². The highest BCUT2D eigenvalue weighted by molar-refractivity contribution is 5.92. The number of carbonyl (C=O) groups is 1. The van der Waals surface area contributed by atoms with E-state index in [1.807, 2.05) is 13.0 Å². The van der Waals surface area contributed by atoms with E-state index in [-0.39, 0.29) is 5.91 Å². The first kappa shape index (κ1) is 12.5. The van der Waals surface area contributed by atoms with E-state index >= 15 is 0 Å². The quantitative estimate of drug-likeness (QED) is 0.825. The van der Waals surface area contributed by atoms with Crippen molar-refractivity contribution in [2.75, 3.05) is 18.4 Å². The molecule has 0 saturated heterocycles. The van der Waals surface area contributed by atoms with Crippen molar-refractivity contribution in [3.63, 3.8) is 0 Å². The molecule has 2 saturated carbocycles. The molecule has 0 aliphatic heterocycles. The normalized spacial score (nSPS) is 19.8. The second-order valence-corrected chi connectivity index (χ2v) is 5.78. The topological polar surface area (TPSA) is 54.0 Å². The number of amides is 1. The van der Waals surface area contributed by atoms with Gasteiger partial charge in [-0.15, -0.1) is 0 Å². The van der Waals surface area contributed by atoms with Crippen LogP contribution in [-0.4, -0.2) is 24.0 Å². The van der Waals surface area contributed by atoms with Crippen molar-refractivity contribution in [1.82, 2.24) is 10.3 Å². The van der Waals surface area contributed by atoms with Gasteiger partial charge in [0.25, 0.3) is 5.91 Å². The number of nitrogens with zero attached hydrogens (tertiary/aromatic N) is 1. The number of nitrogens with one attached hydrogen (secondary N) is 2. The van der Waals surface area contributed by atoms with Crippen LogP contribution in [0.3, 0.4) is 0 Å². The van der Waals surface area contributed by atoms with Crippen LogP contribution in [0.15, 0.2) is 18.3 Å². The molecule has 1 amide bonds. The van der Waals surface area contributed by atoms with Crippen LogP contribution in [0.4, 0.5) is 5.69 Å². The van der Waals surface area contributed by atoms with Gasteiger partial charge in [-0.2, -0.15) is 0 Å². The molecule has 0 aromatic carbocycles. The standard InChI is InChI=1S/C15H21N3O/c1-2-16-12-5-6-13(17-9-12)14(19)18-10-15(7-8-15)11-3-4-11/h5-6,9,11,16H,2-4,7-8,10H2,1H3,(H,18,19). The SMILES string of the molecule is CCNc1ccc(C(=O)NCC2(C3CC3)CC2)nc1. The van der Waals surface area contributed by atoms with Crippen molar-refractivity contribution in [3.05, 3.63) is 24.0 Å². The number of carbonyl (C=O) groups excluding carboxylic acids is 1. The van der Waals surface area contributed by atoms with Gasteiger partial charge >= 0.3 is 0 Å². The fraction of sp³-hybridized carbons (Fsp3) is 0.600. The smallest absolute Gasteiger partial charge is 0.269 e. The molecule has 1 heterocycles. The Morgan fingerprint density at radius 1 is 1.42 bits per heavy atom. The Balaban J connectivity index is 1.54. The number of aromatic nitrogens is 1. The van der Waals surface area contributed by atoms with Crippen molar-refractivity contribution in [1.29, 1.82) is 0 Å². The van der Waals surface area contributed by atoms with Crippen LogP contribution in [0.1, 0.15) is 43.1 Å². The van der Waals surface area contributed by atoms with Crippen molar-refractivity contribution in [2.45, 2.75) is 32.6 Å². The fourth-order valence-electron chi connectivity index (χ4n) is 2.77. The van der Waals surface area contributed by atoms with Gasteiger partial charge in [0, 0.05) is 13.1 Å². The van der Waals surface area contributed by atoms with Crippen molar-refractivity contribution in [3.8, 4) is 0 Å². The van der Waals surface area contributed by atoms with E-state index in [4.69, 9.17) is 0 Å². The maximum atomic E-state index is 12.0. The summed E-state index contributed by atoms with van der Waals surface area (Å²) in [6.45, 7) is 3.72. The third-order valence-corrected chi connectivity index (χ3v) is 4.31. The van der Waals surface area contributed by atoms with E-state index in [0.717, 1.165) is 24.7 Å². The average molecular weight is 259 g/mol. The monoisotopic (exact) mass is 259 g/mol. The molecule has 2 N–H and O–H groups in total. The lowest BCUT2D eigenvalue weighted by Crippen LogP contribution is -2.31. The summed E-state index contributed by atoms with van der Waals surface area (Å²) in [5, 5.41) is 6.22. The molecule has 0 spiro atoms. The van der Waals surface area contributed by atoms with E-state index in [1.54, 1.807) is 12.3 Å². The van der Waals surface area contributed by atoms with E-state index < -0.39 is 0 Å². The predicted octanol–water partition coefficient (Wildman–Crippen LogP) is 2.43. The van der Waals surface area contributed by atoms with Crippen molar-refractivity contribution < 1.29 is 4.79 Å². The summed E-state index contributed by atoms with van der Waals surface area (Å²) in [5.41, 5.74) is 1.91. The minimum atomic E-state index is -0.0463. The molecular weight excluding hydrogens is 238 g/mol. The van der Waals surface area contributed by atoms with Gasteiger partial charge in [0.1, 0.15) is 5.69 Å². The minimum absolute atomic E-state index is 0.0463. The van der Waals surface area contributed by atoms with Crippen LogP contribution in [-0.2, 0) is 0 Å². The average Bonchev–Trinajstić information content (AvgIpc) is 3.29. The molecule has 2 fully saturated rings. The second kappa shape index (κ2) is 4.83. The largest absolute Gasteiger partial charge is 0.384 e. The Labute approximate surface area is 114 Å². The first-order valence-corrected chi connectivity index (χ1v) is 7.22. The zero-order valence-electron chi connectivity index (χ0n) is 11.4. The van der Waals surface area contributed by atoms with Crippen molar-refractivity contribution >= 4 is 11.6 Å². The summed E-state index contributed by atoms with van der Waals surface area (Å²) < 4.78 is 0. The molecular formula is C15H21N3O. The summed E-state index contributed by atoms with van der Waals surface area (Å²) in [4.78, 5) is 16.2. The van der Waals surface area contributed by atoms with E-state index in [9.17, 15) is 4.79 Å². The highest BCUT2D eigenvalue weighted by Gasteiger charge is 2.53. The Bertz CT molecular complexity index is 461. The van der Waals surface area contributed by atoms with E-state index in [1.165, 1.54) is 25.7 Å². The summed E-state index contributed by atoms with van der Waals surface area (Å²) in [7, 11) is 0. The molecule has 2 aliphatic rings. The molecule has 3 rings (SSSR count). The minimum Gasteiger partial charge on any atom is -0.384 e. The van der Waals surface area contributed by atoms with Gasteiger partial charge in [0.2, 0.25) is 0 Å². The van der Waals surface area contributed by atoms with Crippen molar-refractivity contribution in [2.24, 2.45) is 11.3 Å². The maximum Gasteiger partial charge on any atom is 0.269 e. The molecule has 4 nitrogen and oxygen atoms in total. The number of hydrogen-bond acceptors (Lipinski definition) is 3. The molecule has 2 aliphatic carbocycles. The molecule has 102 valence electrons. The molecule has 1 aromatic rings. The third kappa shape index (κ3) is 2.72. The lowest BCUT2D eigenvalue weighted by atomic mass is 10.0. The lowest BCUT2D eigenvalue weighted by molar-refractivity contribution is 0.0937.